The maximum absolute atomic E-state index is 8.39. The number of rotatable bonds is 6. The van der Waals surface area contributed by atoms with Gasteiger partial charge < -0.3 is 5.11 Å². The standard InChI is InChI=1S/C8H15O/c1-2-3-4-5-6-7-8-9/h9H,1,3-8H2. The van der Waals surface area contributed by atoms with E-state index in [9.17, 15) is 0 Å². The number of unbranched alkanes of at least 4 members (excludes halogenated alkanes) is 4. The van der Waals surface area contributed by atoms with Crippen LogP contribution in [-0.2, 0) is 0 Å². The van der Waals surface area contributed by atoms with Crippen molar-refractivity contribution < 1.29 is 5.11 Å². The Morgan fingerprint density at radius 3 is 2.33 bits per heavy atom. The SMILES string of the molecule is C=[C]CCCCCCO. The minimum Gasteiger partial charge on any atom is -0.396 e. The monoisotopic (exact) mass is 127 g/mol. The van der Waals surface area contributed by atoms with Gasteiger partial charge in [-0.1, -0.05) is 25.5 Å². The van der Waals surface area contributed by atoms with Crippen molar-refractivity contribution in [1.82, 2.24) is 0 Å². The molecule has 53 valence electrons. The number of aliphatic hydroxyl groups excluding tert-OH is 1. The zero-order valence-electron chi connectivity index (χ0n) is 5.90. The van der Waals surface area contributed by atoms with Crippen LogP contribution in [0.25, 0.3) is 0 Å². The van der Waals surface area contributed by atoms with E-state index in [-0.39, 0.29) is 0 Å². The van der Waals surface area contributed by atoms with Crippen molar-refractivity contribution in [2.45, 2.75) is 32.1 Å². The topological polar surface area (TPSA) is 20.2 Å². The third-order valence-corrected chi connectivity index (χ3v) is 1.26. The third-order valence-electron chi connectivity index (χ3n) is 1.26. The largest absolute Gasteiger partial charge is 0.396 e. The molecule has 0 bridgehead atoms. The second kappa shape index (κ2) is 7.70. The molecule has 0 saturated heterocycles. The summed E-state index contributed by atoms with van der Waals surface area (Å²) >= 11 is 0. The van der Waals surface area contributed by atoms with Crippen LogP contribution in [0.4, 0.5) is 0 Å². The quantitative estimate of drug-likeness (QED) is 0.540. The number of aliphatic hydroxyl groups is 1. The van der Waals surface area contributed by atoms with Crippen LogP contribution < -0.4 is 0 Å². The van der Waals surface area contributed by atoms with E-state index in [1.807, 2.05) is 0 Å². The Bertz CT molecular complexity index is 59.6. The zero-order valence-corrected chi connectivity index (χ0v) is 5.90. The highest BCUT2D eigenvalue weighted by atomic mass is 16.2. The lowest BCUT2D eigenvalue weighted by Crippen LogP contribution is -1.82. The maximum atomic E-state index is 8.39. The van der Waals surface area contributed by atoms with Crippen LogP contribution in [-0.4, -0.2) is 11.7 Å². The fourth-order valence-electron chi connectivity index (χ4n) is 0.715. The van der Waals surface area contributed by atoms with Gasteiger partial charge in [-0.3, -0.25) is 0 Å². The molecule has 0 aliphatic heterocycles. The zero-order chi connectivity index (χ0) is 6.95. The van der Waals surface area contributed by atoms with Gasteiger partial charge >= 0.3 is 0 Å². The summed E-state index contributed by atoms with van der Waals surface area (Å²) in [7, 11) is 0. The number of hydrogen-bond acceptors (Lipinski definition) is 1. The summed E-state index contributed by atoms with van der Waals surface area (Å²) in [5.41, 5.74) is 0. The Labute approximate surface area is 57.4 Å². The van der Waals surface area contributed by atoms with E-state index < -0.39 is 0 Å². The molecule has 0 aromatic carbocycles. The molecule has 0 heterocycles. The molecule has 9 heavy (non-hydrogen) atoms. The van der Waals surface area contributed by atoms with Gasteiger partial charge in [-0.2, -0.15) is 0 Å². The van der Waals surface area contributed by atoms with Gasteiger partial charge in [-0.25, -0.2) is 0 Å². The van der Waals surface area contributed by atoms with Crippen molar-refractivity contribution in [3.8, 4) is 0 Å². The molecule has 0 unspecified atom stereocenters. The lowest BCUT2D eigenvalue weighted by atomic mass is 10.1. The Balaban J connectivity index is 2.66. The molecule has 0 fully saturated rings. The molecule has 0 rings (SSSR count). The predicted molar refractivity (Wildman–Crippen MR) is 39.0 cm³/mol. The molecule has 0 aromatic heterocycles. The first-order chi connectivity index (χ1) is 4.41. The summed E-state index contributed by atoms with van der Waals surface area (Å²) in [6.07, 6.45) is 8.27. The van der Waals surface area contributed by atoms with Crippen molar-refractivity contribution >= 4 is 0 Å². The lowest BCUT2D eigenvalue weighted by molar-refractivity contribution is 0.282. The molecule has 1 N–H and O–H groups in total. The van der Waals surface area contributed by atoms with E-state index in [4.69, 9.17) is 5.11 Å². The summed E-state index contributed by atoms with van der Waals surface area (Å²) < 4.78 is 0. The third kappa shape index (κ3) is 7.70. The maximum Gasteiger partial charge on any atom is 0.0431 e. The molecule has 0 aromatic rings. The molecule has 1 nitrogen and oxygen atoms in total. The van der Waals surface area contributed by atoms with Crippen molar-refractivity contribution in [2.24, 2.45) is 0 Å². The normalized spacial score (nSPS) is 9.44. The highest BCUT2D eigenvalue weighted by Gasteiger charge is 1.85. The van der Waals surface area contributed by atoms with Gasteiger partial charge in [0.15, 0.2) is 0 Å². The molecule has 0 atom stereocenters. The Morgan fingerprint density at radius 2 is 1.78 bits per heavy atom. The molecule has 1 radical (unpaired) electrons. The van der Waals surface area contributed by atoms with Gasteiger partial charge in [0.25, 0.3) is 0 Å². The van der Waals surface area contributed by atoms with E-state index in [1.165, 1.54) is 12.8 Å². The van der Waals surface area contributed by atoms with Crippen molar-refractivity contribution in [2.75, 3.05) is 6.61 Å². The van der Waals surface area contributed by atoms with Gasteiger partial charge in [0.05, 0.1) is 0 Å². The molecular weight excluding hydrogens is 112 g/mol. The van der Waals surface area contributed by atoms with E-state index in [0.29, 0.717) is 6.61 Å². The van der Waals surface area contributed by atoms with Crippen LogP contribution in [0.3, 0.4) is 0 Å². The Kier molecular flexibility index (Phi) is 7.44. The van der Waals surface area contributed by atoms with E-state index >= 15 is 0 Å². The minimum absolute atomic E-state index is 0.331. The van der Waals surface area contributed by atoms with Gasteiger partial charge in [0, 0.05) is 6.61 Å². The molecule has 0 aliphatic rings. The van der Waals surface area contributed by atoms with Crippen molar-refractivity contribution in [3.63, 3.8) is 0 Å². The Hall–Kier alpha value is -0.300. The average molecular weight is 127 g/mol. The van der Waals surface area contributed by atoms with Crippen LogP contribution in [0.5, 0.6) is 0 Å². The fraction of sp³-hybridized carbons (Fsp3) is 0.750. The predicted octanol–water partition coefficient (Wildman–Crippen LogP) is 1.92. The summed E-state index contributed by atoms with van der Waals surface area (Å²) in [4.78, 5) is 0. The molecule has 1 heteroatoms. The highest BCUT2D eigenvalue weighted by Crippen LogP contribution is 2.01. The first-order valence-corrected chi connectivity index (χ1v) is 3.52. The van der Waals surface area contributed by atoms with Crippen molar-refractivity contribution in [3.05, 3.63) is 12.7 Å². The van der Waals surface area contributed by atoms with Crippen LogP contribution in [0.15, 0.2) is 6.58 Å². The molecule has 0 saturated carbocycles. The second-order valence-electron chi connectivity index (χ2n) is 2.14. The number of hydrogen-bond donors (Lipinski definition) is 1. The van der Waals surface area contributed by atoms with E-state index in [0.717, 1.165) is 19.3 Å². The van der Waals surface area contributed by atoms with Crippen LogP contribution >= 0.6 is 0 Å². The summed E-state index contributed by atoms with van der Waals surface area (Å²) in [5.74, 6) is 0. The first kappa shape index (κ1) is 8.70. The molecule has 0 spiro atoms. The Morgan fingerprint density at radius 1 is 1.11 bits per heavy atom. The second-order valence-corrected chi connectivity index (χ2v) is 2.14. The minimum atomic E-state index is 0.331. The molecular formula is C8H15O. The summed E-state index contributed by atoms with van der Waals surface area (Å²) in [6.45, 7) is 3.84. The molecule has 0 amide bonds. The van der Waals surface area contributed by atoms with Gasteiger partial charge in [-0.05, 0) is 19.3 Å². The van der Waals surface area contributed by atoms with E-state index in [2.05, 4.69) is 12.7 Å². The average Bonchev–Trinajstić information content (AvgIpc) is 1.89. The highest BCUT2D eigenvalue weighted by molar-refractivity contribution is 4.54. The van der Waals surface area contributed by atoms with Crippen LogP contribution in [0, 0.1) is 6.08 Å². The van der Waals surface area contributed by atoms with Crippen LogP contribution in [0.1, 0.15) is 32.1 Å². The number of allylic oxidation sites excluding steroid dienone is 1. The first-order valence-electron chi connectivity index (χ1n) is 3.52. The smallest absolute Gasteiger partial charge is 0.0431 e. The van der Waals surface area contributed by atoms with Gasteiger partial charge in [-0.15, -0.1) is 0 Å². The van der Waals surface area contributed by atoms with Crippen molar-refractivity contribution in [1.29, 1.82) is 0 Å². The summed E-state index contributed by atoms with van der Waals surface area (Å²) in [5, 5.41) is 8.39. The summed E-state index contributed by atoms with van der Waals surface area (Å²) in [6, 6.07) is 0. The molecule has 0 aliphatic carbocycles. The van der Waals surface area contributed by atoms with Gasteiger partial charge in [0.1, 0.15) is 0 Å². The lowest BCUT2D eigenvalue weighted by Gasteiger charge is -1.94. The van der Waals surface area contributed by atoms with Crippen LogP contribution in [0.2, 0.25) is 0 Å². The fourth-order valence-corrected chi connectivity index (χ4v) is 0.715. The van der Waals surface area contributed by atoms with Gasteiger partial charge in [0.2, 0.25) is 0 Å². The van der Waals surface area contributed by atoms with E-state index in [1.54, 1.807) is 0 Å².